The van der Waals surface area contributed by atoms with Gasteiger partial charge in [-0.05, 0) is 88.0 Å². The third kappa shape index (κ3) is 5.61. The summed E-state index contributed by atoms with van der Waals surface area (Å²) in [5.41, 5.74) is 8.32. The van der Waals surface area contributed by atoms with Crippen molar-refractivity contribution < 1.29 is 14.3 Å². The molecule has 0 radical (unpaired) electrons. The lowest BCUT2D eigenvalue weighted by molar-refractivity contribution is 0.0686. The number of carboxylic acid groups (broad SMARTS) is 1. The highest BCUT2D eigenvalue weighted by Gasteiger charge is 2.23. The first-order valence-electron chi connectivity index (χ1n) is 11.0. The highest BCUT2D eigenvalue weighted by molar-refractivity contribution is 6.30. The summed E-state index contributed by atoms with van der Waals surface area (Å²) < 4.78 is 14.1. The largest absolute Gasteiger partial charge is 0.477 e. The van der Waals surface area contributed by atoms with Gasteiger partial charge in [-0.25, -0.2) is 9.18 Å². The van der Waals surface area contributed by atoms with E-state index in [-0.39, 0.29) is 0 Å². The Kier molecular flexibility index (Phi) is 7.80. The van der Waals surface area contributed by atoms with Crippen molar-refractivity contribution in [3.63, 3.8) is 0 Å². The number of likely N-dealkylation sites (tertiary alicyclic amines) is 1. The number of aryl methyl sites for hydroxylation is 1. The molecule has 5 nitrogen and oxygen atoms in total. The molecular formula is C25H31ClFN3O2. The number of fused-ring (bicyclic) bond motifs is 1. The molecule has 1 atom stereocenters. The molecule has 32 heavy (non-hydrogen) atoms. The van der Waals surface area contributed by atoms with Gasteiger partial charge in [-0.2, -0.15) is 0 Å². The molecule has 7 heteroatoms. The summed E-state index contributed by atoms with van der Waals surface area (Å²) in [7, 11) is 0. The van der Waals surface area contributed by atoms with Gasteiger partial charge < -0.3 is 20.3 Å². The second-order valence-electron chi connectivity index (χ2n) is 8.53. The minimum absolute atomic E-state index is 0.326. The molecular weight excluding hydrogens is 429 g/mol. The van der Waals surface area contributed by atoms with Gasteiger partial charge >= 0.3 is 5.97 Å². The summed E-state index contributed by atoms with van der Waals surface area (Å²) in [6.07, 6.45) is 2.45. The second-order valence-corrected chi connectivity index (χ2v) is 8.96. The summed E-state index contributed by atoms with van der Waals surface area (Å²) in [5, 5.41) is 10.8. The normalized spacial score (nSPS) is 16.8. The zero-order valence-corrected chi connectivity index (χ0v) is 19.6. The van der Waals surface area contributed by atoms with Crippen molar-refractivity contribution in [3.8, 4) is 0 Å². The number of halogens is 2. The Bertz CT molecular complexity index is 1050. The van der Waals surface area contributed by atoms with Gasteiger partial charge in [0.05, 0.1) is 0 Å². The summed E-state index contributed by atoms with van der Waals surface area (Å²) in [6, 6.07) is 12.8. The third-order valence-corrected chi connectivity index (χ3v) is 6.22. The van der Waals surface area contributed by atoms with Crippen molar-refractivity contribution in [2.75, 3.05) is 18.8 Å². The predicted octanol–water partition coefficient (Wildman–Crippen LogP) is 6.01. The Balaban J connectivity index is 0.000000269. The molecule has 0 amide bonds. The minimum atomic E-state index is -0.853. The average molecular weight is 460 g/mol. The van der Waals surface area contributed by atoms with Gasteiger partial charge in [0.2, 0.25) is 0 Å². The van der Waals surface area contributed by atoms with E-state index < -0.39 is 11.8 Å². The van der Waals surface area contributed by atoms with Crippen LogP contribution in [0.1, 0.15) is 55.6 Å². The topological polar surface area (TPSA) is 71.5 Å². The molecule has 3 N–H and O–H groups in total. The maximum atomic E-state index is 12.3. The lowest BCUT2D eigenvalue weighted by atomic mass is 9.89. The second kappa shape index (κ2) is 10.4. The number of aromatic nitrogens is 1. The maximum absolute atomic E-state index is 12.3. The Morgan fingerprint density at radius 3 is 2.59 bits per heavy atom. The van der Waals surface area contributed by atoms with Crippen LogP contribution in [0.4, 0.5) is 10.1 Å². The monoisotopic (exact) mass is 459 g/mol. The van der Waals surface area contributed by atoms with Crippen LogP contribution in [0.2, 0.25) is 5.02 Å². The molecule has 0 bridgehead atoms. The summed E-state index contributed by atoms with van der Waals surface area (Å²) in [6.45, 7) is 9.46. The molecule has 1 unspecified atom stereocenters. The highest BCUT2D eigenvalue weighted by Crippen LogP contribution is 2.31. The van der Waals surface area contributed by atoms with Crippen LogP contribution < -0.4 is 5.73 Å². The number of carbonyl (C=O) groups is 1. The number of nitrogens with zero attached hydrogens (tertiary/aromatic N) is 2. The van der Waals surface area contributed by atoms with Crippen LogP contribution in [0, 0.1) is 5.82 Å². The minimum Gasteiger partial charge on any atom is -0.477 e. The number of hydrogen-bond donors (Lipinski definition) is 2. The van der Waals surface area contributed by atoms with Crippen molar-refractivity contribution >= 4 is 34.2 Å². The Labute approximate surface area is 193 Å². The maximum Gasteiger partial charge on any atom is 0.352 e. The van der Waals surface area contributed by atoms with E-state index in [2.05, 4.69) is 36.9 Å². The highest BCUT2D eigenvalue weighted by atomic mass is 35.5. The number of benzene rings is 2. The fraction of sp³-hybridized carbons (Fsp3) is 0.400. The number of nitrogens with two attached hydrogens (primary N) is 1. The summed E-state index contributed by atoms with van der Waals surface area (Å²) in [4.78, 5) is 14.0. The number of piperidine rings is 1. The number of hydrogen-bond acceptors (Lipinski definition) is 3. The molecule has 0 saturated carbocycles. The number of aromatic carboxylic acids is 1. The molecule has 0 aliphatic carbocycles. The summed E-state index contributed by atoms with van der Waals surface area (Å²) in [5.74, 6) is -0.706. The van der Waals surface area contributed by atoms with E-state index in [1.165, 1.54) is 43.1 Å². The lowest BCUT2D eigenvalue weighted by Crippen LogP contribution is -2.39. The molecule has 0 spiro atoms. The molecule has 2 heterocycles. The van der Waals surface area contributed by atoms with Gasteiger partial charge in [0.1, 0.15) is 11.5 Å². The van der Waals surface area contributed by atoms with E-state index in [0.717, 1.165) is 17.4 Å². The molecule has 2 aromatic carbocycles. The van der Waals surface area contributed by atoms with Crippen molar-refractivity contribution in [1.82, 2.24) is 9.47 Å². The predicted molar refractivity (Wildman–Crippen MR) is 129 cm³/mol. The zero-order chi connectivity index (χ0) is 23.4. The molecule has 1 saturated heterocycles. The van der Waals surface area contributed by atoms with Crippen LogP contribution in [-0.4, -0.2) is 39.7 Å². The van der Waals surface area contributed by atoms with Crippen LogP contribution in [0.5, 0.6) is 0 Å². The van der Waals surface area contributed by atoms with E-state index >= 15 is 0 Å². The van der Waals surface area contributed by atoms with Gasteiger partial charge in [-0.3, -0.25) is 0 Å². The van der Waals surface area contributed by atoms with E-state index in [1.807, 2.05) is 17.6 Å². The van der Waals surface area contributed by atoms with Crippen LogP contribution in [0.25, 0.3) is 10.9 Å². The Morgan fingerprint density at radius 2 is 2.00 bits per heavy atom. The lowest BCUT2D eigenvalue weighted by Gasteiger charge is -2.35. The average Bonchev–Trinajstić information content (AvgIpc) is 3.11. The smallest absolute Gasteiger partial charge is 0.352 e. The van der Waals surface area contributed by atoms with E-state index in [9.17, 15) is 14.3 Å². The van der Waals surface area contributed by atoms with Crippen molar-refractivity contribution in [1.29, 1.82) is 0 Å². The molecule has 1 aliphatic heterocycles. The first-order chi connectivity index (χ1) is 15.2. The fourth-order valence-corrected chi connectivity index (χ4v) is 4.61. The number of carboxylic acids is 1. The first-order valence-corrected chi connectivity index (χ1v) is 11.4. The molecule has 4 rings (SSSR count). The molecule has 1 aromatic heterocycles. The molecule has 3 aromatic rings. The van der Waals surface area contributed by atoms with Gasteiger partial charge in [-0.15, -0.1) is 0 Å². The number of anilines is 1. The third-order valence-electron chi connectivity index (χ3n) is 6.00. The SMILES string of the molecule is CCn1c(C(=O)O)cc2cc(C3CCCN(C(C)C)C3)ccc21.Nc1cc(F)cc(Cl)c1. The van der Waals surface area contributed by atoms with Crippen LogP contribution in [0.15, 0.2) is 42.5 Å². The van der Waals surface area contributed by atoms with E-state index in [1.54, 1.807) is 0 Å². The van der Waals surface area contributed by atoms with Crippen molar-refractivity contribution in [2.24, 2.45) is 0 Å². The number of rotatable bonds is 4. The zero-order valence-electron chi connectivity index (χ0n) is 18.8. The fourth-order valence-electron chi connectivity index (χ4n) is 4.38. The van der Waals surface area contributed by atoms with Crippen molar-refractivity contribution in [3.05, 3.63) is 64.6 Å². The van der Waals surface area contributed by atoms with E-state index in [4.69, 9.17) is 17.3 Å². The van der Waals surface area contributed by atoms with Gasteiger partial charge in [0.15, 0.2) is 0 Å². The van der Waals surface area contributed by atoms with Crippen LogP contribution in [0.3, 0.4) is 0 Å². The van der Waals surface area contributed by atoms with Crippen LogP contribution in [-0.2, 0) is 6.54 Å². The molecule has 172 valence electrons. The van der Waals surface area contributed by atoms with Crippen molar-refractivity contribution in [2.45, 2.75) is 52.1 Å². The Hall–Kier alpha value is -2.57. The van der Waals surface area contributed by atoms with Gasteiger partial charge in [0.25, 0.3) is 0 Å². The molecule has 1 fully saturated rings. The quantitative estimate of drug-likeness (QED) is 0.469. The summed E-state index contributed by atoms with van der Waals surface area (Å²) >= 11 is 5.43. The van der Waals surface area contributed by atoms with Gasteiger partial charge in [0, 0.05) is 40.7 Å². The van der Waals surface area contributed by atoms with Gasteiger partial charge in [-0.1, -0.05) is 17.7 Å². The standard InChI is InChI=1S/C19H26N2O2.C6H5ClFN/c1-4-21-17-8-7-14(10-16(17)11-18(21)19(22)23)15-6-5-9-20(12-15)13(2)3;7-4-1-5(8)3-6(9)2-4/h7-8,10-11,13,15H,4-6,9,12H2,1-3H3,(H,22,23);1-3H,9H2. The molecule has 1 aliphatic rings. The van der Waals surface area contributed by atoms with E-state index in [0.29, 0.717) is 34.9 Å². The van der Waals surface area contributed by atoms with Crippen LogP contribution >= 0.6 is 11.6 Å². The first kappa shape index (κ1) is 24.1. The number of nitrogen functional groups attached to an aromatic ring is 1. The Morgan fingerprint density at radius 1 is 1.25 bits per heavy atom.